The molecule has 0 saturated carbocycles. The lowest BCUT2D eigenvalue weighted by Gasteiger charge is -2.07. The summed E-state index contributed by atoms with van der Waals surface area (Å²) in [5.41, 5.74) is 1.74. The Kier molecular flexibility index (Phi) is 5.43. The molecule has 0 spiro atoms. The highest BCUT2D eigenvalue weighted by molar-refractivity contribution is 6.38. The van der Waals surface area contributed by atoms with E-state index in [-0.39, 0.29) is 10.7 Å². The van der Waals surface area contributed by atoms with Gasteiger partial charge in [0.1, 0.15) is 11.4 Å². The van der Waals surface area contributed by atoms with Crippen molar-refractivity contribution in [1.82, 2.24) is 10.3 Å². The Morgan fingerprint density at radius 1 is 1.15 bits per heavy atom. The van der Waals surface area contributed by atoms with Crippen molar-refractivity contribution >= 4 is 34.4 Å². The standard InChI is InChI=1S/C19H17ClN2O4/c1-25-13-6-4-5-12(9-13)10-21-16(23)11-26-19(24)18-17(20)14-7-2-3-8-15(14)22-18/h2-9,22H,10-11H2,1H3,(H,21,23). The van der Waals surface area contributed by atoms with E-state index in [1.165, 1.54) is 0 Å². The second-order valence-electron chi connectivity index (χ2n) is 5.56. The fourth-order valence-electron chi connectivity index (χ4n) is 2.49. The van der Waals surface area contributed by atoms with Crippen LogP contribution in [0.5, 0.6) is 5.75 Å². The minimum atomic E-state index is -0.678. The number of hydrogen-bond acceptors (Lipinski definition) is 4. The molecule has 0 aliphatic rings. The van der Waals surface area contributed by atoms with Gasteiger partial charge in [0.2, 0.25) is 0 Å². The lowest BCUT2D eigenvalue weighted by molar-refractivity contribution is -0.124. The third kappa shape index (κ3) is 3.97. The first-order valence-corrected chi connectivity index (χ1v) is 8.29. The molecule has 26 heavy (non-hydrogen) atoms. The zero-order valence-electron chi connectivity index (χ0n) is 14.0. The maximum atomic E-state index is 12.2. The summed E-state index contributed by atoms with van der Waals surface area (Å²) in [4.78, 5) is 27.0. The molecule has 3 rings (SSSR count). The summed E-state index contributed by atoms with van der Waals surface area (Å²) in [7, 11) is 1.58. The van der Waals surface area contributed by atoms with Gasteiger partial charge in [-0.25, -0.2) is 4.79 Å². The molecule has 7 heteroatoms. The number of carbonyl (C=O) groups excluding carboxylic acids is 2. The SMILES string of the molecule is COc1cccc(CNC(=O)COC(=O)c2[nH]c3ccccc3c2Cl)c1. The molecule has 1 heterocycles. The topological polar surface area (TPSA) is 80.4 Å². The molecule has 0 aliphatic heterocycles. The third-order valence-corrected chi connectivity index (χ3v) is 4.20. The van der Waals surface area contributed by atoms with Crippen LogP contribution in [-0.4, -0.2) is 30.6 Å². The molecule has 2 N–H and O–H groups in total. The predicted molar refractivity (Wildman–Crippen MR) is 98.4 cm³/mol. The van der Waals surface area contributed by atoms with Gasteiger partial charge in [-0.2, -0.15) is 0 Å². The van der Waals surface area contributed by atoms with Gasteiger partial charge < -0.3 is 19.8 Å². The number of amides is 1. The summed E-state index contributed by atoms with van der Waals surface area (Å²) in [6, 6.07) is 14.6. The fraction of sp³-hybridized carbons (Fsp3) is 0.158. The molecular formula is C19H17ClN2O4. The van der Waals surface area contributed by atoms with Crippen LogP contribution >= 0.6 is 11.6 Å². The Balaban J connectivity index is 1.55. The Hall–Kier alpha value is -2.99. The number of hydrogen-bond donors (Lipinski definition) is 2. The number of para-hydroxylation sites is 1. The summed E-state index contributed by atoms with van der Waals surface area (Å²) >= 11 is 6.19. The first kappa shape index (κ1) is 17.8. The van der Waals surface area contributed by atoms with Crippen molar-refractivity contribution in [2.45, 2.75) is 6.54 Å². The Labute approximate surface area is 155 Å². The maximum Gasteiger partial charge on any atom is 0.356 e. The van der Waals surface area contributed by atoms with E-state index in [2.05, 4.69) is 10.3 Å². The number of methoxy groups -OCH3 is 1. The molecule has 0 unspecified atom stereocenters. The lowest BCUT2D eigenvalue weighted by atomic mass is 10.2. The van der Waals surface area contributed by atoms with E-state index in [0.717, 1.165) is 16.5 Å². The predicted octanol–water partition coefficient (Wildman–Crippen LogP) is 3.30. The molecular weight excluding hydrogens is 356 g/mol. The van der Waals surface area contributed by atoms with Gasteiger partial charge in [0.05, 0.1) is 12.1 Å². The minimum Gasteiger partial charge on any atom is -0.497 e. The Morgan fingerprint density at radius 2 is 1.96 bits per heavy atom. The van der Waals surface area contributed by atoms with Crippen LogP contribution in [0.2, 0.25) is 5.02 Å². The highest BCUT2D eigenvalue weighted by atomic mass is 35.5. The van der Waals surface area contributed by atoms with Crippen LogP contribution in [0.25, 0.3) is 10.9 Å². The number of aromatic amines is 1. The molecule has 0 fully saturated rings. The van der Waals surface area contributed by atoms with E-state index in [1.54, 1.807) is 19.2 Å². The number of fused-ring (bicyclic) bond motifs is 1. The monoisotopic (exact) mass is 372 g/mol. The van der Waals surface area contributed by atoms with Crippen molar-refractivity contribution in [2.24, 2.45) is 0 Å². The minimum absolute atomic E-state index is 0.133. The Bertz CT molecular complexity index is 952. The number of H-pyrrole nitrogens is 1. The number of rotatable bonds is 6. The molecule has 0 bridgehead atoms. The van der Waals surface area contributed by atoms with E-state index in [4.69, 9.17) is 21.1 Å². The maximum absolute atomic E-state index is 12.2. The molecule has 0 saturated heterocycles. The van der Waals surface area contributed by atoms with Gasteiger partial charge in [0.25, 0.3) is 5.91 Å². The van der Waals surface area contributed by atoms with Gasteiger partial charge in [-0.3, -0.25) is 4.79 Å². The van der Waals surface area contributed by atoms with Crippen LogP contribution in [0.15, 0.2) is 48.5 Å². The van der Waals surface area contributed by atoms with Crippen LogP contribution in [0.3, 0.4) is 0 Å². The normalized spacial score (nSPS) is 10.5. The van der Waals surface area contributed by atoms with Crippen LogP contribution in [0.1, 0.15) is 16.1 Å². The first-order chi connectivity index (χ1) is 12.6. The number of esters is 1. The van der Waals surface area contributed by atoms with Gasteiger partial charge in [0.15, 0.2) is 6.61 Å². The molecule has 134 valence electrons. The van der Waals surface area contributed by atoms with Crippen molar-refractivity contribution in [3.8, 4) is 5.75 Å². The highest BCUT2D eigenvalue weighted by Gasteiger charge is 2.18. The van der Waals surface area contributed by atoms with Gasteiger partial charge >= 0.3 is 5.97 Å². The lowest BCUT2D eigenvalue weighted by Crippen LogP contribution is -2.28. The largest absolute Gasteiger partial charge is 0.497 e. The molecule has 2 aromatic carbocycles. The van der Waals surface area contributed by atoms with Crippen LogP contribution < -0.4 is 10.1 Å². The summed E-state index contributed by atoms with van der Waals surface area (Å²) < 4.78 is 10.2. The quantitative estimate of drug-likeness (QED) is 0.650. The molecule has 0 atom stereocenters. The van der Waals surface area contributed by atoms with Crippen LogP contribution in [0.4, 0.5) is 0 Å². The highest BCUT2D eigenvalue weighted by Crippen LogP contribution is 2.27. The number of carbonyl (C=O) groups is 2. The second kappa shape index (κ2) is 7.93. The van der Waals surface area contributed by atoms with Crippen molar-refractivity contribution in [1.29, 1.82) is 0 Å². The number of nitrogens with one attached hydrogen (secondary N) is 2. The van der Waals surface area contributed by atoms with Crippen molar-refractivity contribution in [2.75, 3.05) is 13.7 Å². The van der Waals surface area contributed by atoms with Crippen molar-refractivity contribution in [3.63, 3.8) is 0 Å². The summed E-state index contributed by atoms with van der Waals surface area (Å²) in [6.45, 7) is -0.0881. The molecule has 1 amide bonds. The van der Waals surface area contributed by atoms with E-state index < -0.39 is 18.5 Å². The first-order valence-electron chi connectivity index (χ1n) is 7.91. The van der Waals surface area contributed by atoms with E-state index in [0.29, 0.717) is 12.3 Å². The summed E-state index contributed by atoms with van der Waals surface area (Å²) in [6.07, 6.45) is 0. The number of halogens is 1. The van der Waals surface area contributed by atoms with Gasteiger partial charge in [0, 0.05) is 17.4 Å². The van der Waals surface area contributed by atoms with Gasteiger partial charge in [-0.05, 0) is 23.8 Å². The number of ether oxygens (including phenoxy) is 2. The van der Waals surface area contributed by atoms with Crippen LogP contribution in [-0.2, 0) is 16.1 Å². The van der Waals surface area contributed by atoms with Crippen molar-refractivity contribution < 1.29 is 19.1 Å². The smallest absolute Gasteiger partial charge is 0.356 e. The van der Waals surface area contributed by atoms with Gasteiger partial charge in [-0.15, -0.1) is 0 Å². The molecule has 3 aromatic rings. The number of benzene rings is 2. The van der Waals surface area contributed by atoms with Gasteiger partial charge in [-0.1, -0.05) is 41.9 Å². The summed E-state index contributed by atoms with van der Waals surface area (Å²) in [5, 5.41) is 3.69. The average molecular weight is 373 g/mol. The molecule has 0 aliphatic carbocycles. The fourth-order valence-corrected chi connectivity index (χ4v) is 2.77. The zero-order valence-corrected chi connectivity index (χ0v) is 14.8. The van der Waals surface area contributed by atoms with E-state index in [1.807, 2.05) is 36.4 Å². The molecule has 6 nitrogen and oxygen atoms in total. The Morgan fingerprint density at radius 3 is 2.73 bits per heavy atom. The third-order valence-electron chi connectivity index (χ3n) is 3.81. The number of aromatic nitrogens is 1. The van der Waals surface area contributed by atoms with E-state index in [9.17, 15) is 9.59 Å². The van der Waals surface area contributed by atoms with Crippen molar-refractivity contribution in [3.05, 3.63) is 64.8 Å². The molecule has 1 aromatic heterocycles. The molecule has 0 radical (unpaired) electrons. The zero-order chi connectivity index (χ0) is 18.5. The second-order valence-corrected chi connectivity index (χ2v) is 5.94. The van der Waals surface area contributed by atoms with Crippen LogP contribution in [0, 0.1) is 0 Å². The average Bonchev–Trinajstić information content (AvgIpc) is 3.01. The summed E-state index contributed by atoms with van der Waals surface area (Å²) in [5.74, 6) is -0.382. The van der Waals surface area contributed by atoms with E-state index >= 15 is 0 Å².